The third kappa shape index (κ3) is 1.57. The van der Waals surface area contributed by atoms with Gasteiger partial charge in [-0.15, -0.1) is 0 Å². The number of cyclic esters (lactones) is 1. The van der Waals surface area contributed by atoms with Crippen LogP contribution in [0, 0.1) is 0 Å². The quantitative estimate of drug-likeness (QED) is 0.625. The maximum atomic E-state index is 11.6. The van der Waals surface area contributed by atoms with Crippen LogP contribution in [0.1, 0.15) is 28.9 Å². The Balaban J connectivity index is 2.70. The van der Waals surface area contributed by atoms with E-state index in [0.717, 1.165) is 0 Å². The van der Waals surface area contributed by atoms with Crippen molar-refractivity contribution in [1.29, 1.82) is 0 Å². The zero-order valence-electron chi connectivity index (χ0n) is 9.30. The number of carbonyl (C=O) groups is 1. The van der Waals surface area contributed by atoms with Crippen molar-refractivity contribution in [3.63, 3.8) is 0 Å². The standard InChI is InChI=1S/C11H12O6/c1-4-8(13)5-3-6(12)10(16-2)9(14)7(5)11(15)17-4/h3-4,8,12-14H,1-2H3/t4-,8+/m0/s1. The molecule has 0 aromatic heterocycles. The smallest absolute Gasteiger partial charge is 0.342 e. The van der Waals surface area contributed by atoms with E-state index in [-0.39, 0.29) is 22.6 Å². The van der Waals surface area contributed by atoms with Crippen molar-refractivity contribution in [2.24, 2.45) is 0 Å². The number of ether oxygens (including phenoxy) is 2. The summed E-state index contributed by atoms with van der Waals surface area (Å²) in [6.45, 7) is 1.52. The van der Waals surface area contributed by atoms with Gasteiger partial charge in [-0.3, -0.25) is 0 Å². The summed E-state index contributed by atoms with van der Waals surface area (Å²) in [6.07, 6.45) is -1.83. The summed E-state index contributed by atoms with van der Waals surface area (Å²) in [5.41, 5.74) is -0.0465. The van der Waals surface area contributed by atoms with Crippen molar-refractivity contribution in [2.45, 2.75) is 19.1 Å². The van der Waals surface area contributed by atoms with Crippen molar-refractivity contribution in [3.8, 4) is 17.2 Å². The highest BCUT2D eigenvalue weighted by Crippen LogP contribution is 2.45. The van der Waals surface area contributed by atoms with Crippen LogP contribution in [0.15, 0.2) is 6.07 Å². The van der Waals surface area contributed by atoms with Gasteiger partial charge in [-0.05, 0) is 13.0 Å². The highest BCUT2D eigenvalue weighted by atomic mass is 16.6. The van der Waals surface area contributed by atoms with E-state index in [4.69, 9.17) is 9.47 Å². The second-order valence-corrected chi connectivity index (χ2v) is 3.80. The Morgan fingerprint density at radius 1 is 1.41 bits per heavy atom. The molecular formula is C11H12O6. The monoisotopic (exact) mass is 240 g/mol. The molecule has 2 atom stereocenters. The van der Waals surface area contributed by atoms with Crippen LogP contribution in [0.2, 0.25) is 0 Å². The van der Waals surface area contributed by atoms with Gasteiger partial charge in [-0.1, -0.05) is 0 Å². The molecule has 0 amide bonds. The Morgan fingerprint density at radius 2 is 2.06 bits per heavy atom. The Morgan fingerprint density at radius 3 is 2.65 bits per heavy atom. The number of benzene rings is 1. The first-order chi connectivity index (χ1) is 7.97. The lowest BCUT2D eigenvalue weighted by Crippen LogP contribution is -2.30. The molecule has 6 heteroatoms. The van der Waals surface area contributed by atoms with Gasteiger partial charge in [0.1, 0.15) is 17.8 Å². The van der Waals surface area contributed by atoms with Gasteiger partial charge in [0.25, 0.3) is 0 Å². The number of esters is 1. The minimum Gasteiger partial charge on any atom is -0.504 e. The van der Waals surface area contributed by atoms with E-state index in [2.05, 4.69) is 0 Å². The van der Waals surface area contributed by atoms with Gasteiger partial charge in [0.05, 0.1) is 7.11 Å². The van der Waals surface area contributed by atoms with Gasteiger partial charge in [0.15, 0.2) is 11.5 Å². The summed E-state index contributed by atoms with van der Waals surface area (Å²) in [7, 11) is 1.24. The fourth-order valence-corrected chi connectivity index (χ4v) is 1.85. The number of methoxy groups -OCH3 is 1. The van der Waals surface area contributed by atoms with Gasteiger partial charge < -0.3 is 24.8 Å². The number of phenolic OH excluding ortho intramolecular Hbond substituents is 2. The highest BCUT2D eigenvalue weighted by Gasteiger charge is 2.36. The van der Waals surface area contributed by atoms with Gasteiger partial charge in [-0.25, -0.2) is 4.79 Å². The number of hydrogen-bond donors (Lipinski definition) is 3. The first-order valence-electron chi connectivity index (χ1n) is 4.99. The Hall–Kier alpha value is -1.95. The molecule has 0 unspecified atom stereocenters. The van der Waals surface area contributed by atoms with E-state index >= 15 is 0 Å². The molecule has 0 radical (unpaired) electrons. The minimum atomic E-state index is -1.09. The molecule has 1 heterocycles. The molecule has 92 valence electrons. The van der Waals surface area contributed by atoms with Crippen LogP contribution in [0.5, 0.6) is 17.2 Å². The van der Waals surface area contributed by atoms with Gasteiger partial charge >= 0.3 is 5.97 Å². The van der Waals surface area contributed by atoms with Crippen molar-refractivity contribution >= 4 is 5.97 Å². The molecule has 2 rings (SSSR count). The van der Waals surface area contributed by atoms with Crippen molar-refractivity contribution in [2.75, 3.05) is 7.11 Å². The molecule has 0 saturated heterocycles. The lowest BCUT2D eigenvalue weighted by molar-refractivity contribution is -0.0218. The summed E-state index contributed by atoms with van der Waals surface area (Å²) >= 11 is 0. The zero-order chi connectivity index (χ0) is 12.7. The Labute approximate surface area is 97.0 Å². The highest BCUT2D eigenvalue weighted by molar-refractivity contribution is 5.97. The first kappa shape index (κ1) is 11.5. The lowest BCUT2D eigenvalue weighted by atomic mass is 9.95. The Kier molecular flexibility index (Phi) is 2.59. The van der Waals surface area contributed by atoms with Crippen LogP contribution >= 0.6 is 0 Å². The summed E-state index contributed by atoms with van der Waals surface area (Å²) in [5.74, 6) is -1.85. The molecule has 1 aliphatic heterocycles. The van der Waals surface area contributed by atoms with E-state index < -0.39 is 23.9 Å². The van der Waals surface area contributed by atoms with E-state index in [1.165, 1.54) is 20.1 Å². The maximum Gasteiger partial charge on any atom is 0.342 e. The normalized spacial score (nSPS) is 22.9. The van der Waals surface area contributed by atoms with Crippen molar-refractivity contribution < 1.29 is 29.6 Å². The molecule has 3 N–H and O–H groups in total. The van der Waals surface area contributed by atoms with Gasteiger partial charge in [0, 0.05) is 5.56 Å². The average Bonchev–Trinajstić information content (AvgIpc) is 2.25. The van der Waals surface area contributed by atoms with Crippen LogP contribution < -0.4 is 4.74 Å². The van der Waals surface area contributed by atoms with Crippen LogP contribution in [-0.4, -0.2) is 34.5 Å². The fraction of sp³-hybridized carbons (Fsp3) is 0.364. The molecule has 6 nitrogen and oxygen atoms in total. The number of rotatable bonds is 1. The van der Waals surface area contributed by atoms with Crippen LogP contribution in [0.25, 0.3) is 0 Å². The van der Waals surface area contributed by atoms with Crippen LogP contribution in [-0.2, 0) is 4.74 Å². The predicted molar refractivity (Wildman–Crippen MR) is 56.2 cm³/mol. The van der Waals surface area contributed by atoms with Gasteiger partial charge in [0.2, 0.25) is 5.75 Å². The summed E-state index contributed by atoms with van der Waals surface area (Å²) < 4.78 is 9.62. The molecule has 0 saturated carbocycles. The maximum absolute atomic E-state index is 11.6. The number of aliphatic hydroxyl groups excluding tert-OH is 1. The molecule has 0 aliphatic carbocycles. The van der Waals surface area contributed by atoms with E-state index in [1.807, 2.05) is 0 Å². The molecule has 1 aliphatic rings. The largest absolute Gasteiger partial charge is 0.504 e. The van der Waals surface area contributed by atoms with Crippen LogP contribution in [0.4, 0.5) is 0 Å². The summed E-state index contributed by atoms with van der Waals surface area (Å²) in [5, 5.41) is 29.2. The lowest BCUT2D eigenvalue weighted by Gasteiger charge is -2.28. The van der Waals surface area contributed by atoms with E-state index in [0.29, 0.717) is 0 Å². The average molecular weight is 240 g/mol. The molecule has 17 heavy (non-hydrogen) atoms. The number of aliphatic hydroxyl groups is 1. The number of phenols is 2. The fourth-order valence-electron chi connectivity index (χ4n) is 1.85. The predicted octanol–water partition coefficient (Wildman–Crippen LogP) is 0.699. The minimum absolute atomic E-state index is 0.129. The topological polar surface area (TPSA) is 96.2 Å². The third-order valence-corrected chi connectivity index (χ3v) is 2.73. The Bertz CT molecular complexity index is 481. The van der Waals surface area contributed by atoms with Crippen molar-refractivity contribution in [3.05, 3.63) is 17.2 Å². The number of carbonyl (C=O) groups excluding carboxylic acids is 1. The number of fused-ring (bicyclic) bond motifs is 1. The molecular weight excluding hydrogens is 228 g/mol. The number of aromatic hydroxyl groups is 2. The number of hydrogen-bond acceptors (Lipinski definition) is 6. The van der Waals surface area contributed by atoms with Gasteiger partial charge in [-0.2, -0.15) is 0 Å². The molecule has 0 bridgehead atoms. The molecule has 0 fully saturated rings. The zero-order valence-corrected chi connectivity index (χ0v) is 9.30. The summed E-state index contributed by atoms with van der Waals surface area (Å²) in [6, 6.07) is 1.19. The van der Waals surface area contributed by atoms with E-state index in [1.54, 1.807) is 0 Å². The van der Waals surface area contributed by atoms with E-state index in [9.17, 15) is 20.1 Å². The SMILES string of the molecule is COc1c(O)cc2c(c1O)C(=O)O[C@@H](C)[C@H]2O. The second-order valence-electron chi connectivity index (χ2n) is 3.80. The molecule has 0 spiro atoms. The third-order valence-electron chi connectivity index (χ3n) is 2.73. The molecule has 1 aromatic carbocycles. The van der Waals surface area contributed by atoms with Crippen molar-refractivity contribution in [1.82, 2.24) is 0 Å². The molecule has 1 aromatic rings. The summed E-state index contributed by atoms with van der Waals surface area (Å²) in [4.78, 5) is 11.6. The second kappa shape index (κ2) is 3.81. The van der Waals surface area contributed by atoms with Crippen LogP contribution in [0.3, 0.4) is 0 Å². The first-order valence-corrected chi connectivity index (χ1v) is 4.99.